The predicted octanol–water partition coefficient (Wildman–Crippen LogP) is 2.38. The monoisotopic (exact) mass is 281 g/mol. The zero-order valence-corrected chi connectivity index (χ0v) is 11.6. The molecule has 0 aliphatic heterocycles. The van der Waals surface area contributed by atoms with Crippen molar-refractivity contribution in [3.05, 3.63) is 41.2 Å². The molecule has 0 fully saturated rings. The number of nitrogens with one attached hydrogen (secondary N) is 1. The van der Waals surface area contributed by atoms with Gasteiger partial charge in [0.15, 0.2) is 17.5 Å². The standard InChI is InChI=1S/C13H17F2N5/c1-8(2)20-13(17-18-19-20)7-16-9(3)10-4-5-11(14)12(15)6-10/h4-6,8-9,16H,7H2,1-3H3/t9-/m1/s1. The van der Waals surface area contributed by atoms with Crippen LogP contribution >= 0.6 is 0 Å². The Kier molecular flexibility index (Phi) is 4.39. The van der Waals surface area contributed by atoms with E-state index < -0.39 is 11.6 Å². The van der Waals surface area contributed by atoms with Crippen molar-refractivity contribution in [3.8, 4) is 0 Å². The van der Waals surface area contributed by atoms with Crippen LogP contribution in [0.3, 0.4) is 0 Å². The van der Waals surface area contributed by atoms with Crippen LogP contribution in [0.2, 0.25) is 0 Å². The zero-order chi connectivity index (χ0) is 14.7. The van der Waals surface area contributed by atoms with E-state index in [0.29, 0.717) is 17.9 Å². The molecule has 0 saturated carbocycles. The molecule has 1 N–H and O–H groups in total. The first-order valence-electron chi connectivity index (χ1n) is 6.44. The summed E-state index contributed by atoms with van der Waals surface area (Å²) >= 11 is 0. The van der Waals surface area contributed by atoms with Gasteiger partial charge in [0.25, 0.3) is 0 Å². The van der Waals surface area contributed by atoms with Gasteiger partial charge >= 0.3 is 0 Å². The topological polar surface area (TPSA) is 55.6 Å². The van der Waals surface area contributed by atoms with Crippen LogP contribution in [-0.4, -0.2) is 20.2 Å². The van der Waals surface area contributed by atoms with E-state index in [0.717, 1.165) is 6.07 Å². The van der Waals surface area contributed by atoms with Crippen LogP contribution < -0.4 is 5.32 Å². The Morgan fingerprint density at radius 1 is 1.20 bits per heavy atom. The average molecular weight is 281 g/mol. The minimum Gasteiger partial charge on any atom is -0.303 e. The van der Waals surface area contributed by atoms with Gasteiger partial charge in [0.2, 0.25) is 0 Å². The average Bonchev–Trinajstić information content (AvgIpc) is 2.87. The fourth-order valence-electron chi connectivity index (χ4n) is 1.87. The molecule has 7 heteroatoms. The van der Waals surface area contributed by atoms with Gasteiger partial charge in [-0.1, -0.05) is 6.07 Å². The Hall–Kier alpha value is -1.89. The van der Waals surface area contributed by atoms with Gasteiger partial charge in [0, 0.05) is 6.04 Å². The van der Waals surface area contributed by atoms with E-state index in [9.17, 15) is 8.78 Å². The number of hydrogen-bond acceptors (Lipinski definition) is 4. The van der Waals surface area contributed by atoms with Gasteiger partial charge < -0.3 is 5.32 Å². The maximum atomic E-state index is 13.2. The van der Waals surface area contributed by atoms with Crippen LogP contribution in [0.15, 0.2) is 18.2 Å². The van der Waals surface area contributed by atoms with Crippen molar-refractivity contribution in [1.82, 2.24) is 25.5 Å². The highest BCUT2D eigenvalue weighted by molar-refractivity contribution is 5.20. The number of aromatic nitrogens is 4. The Morgan fingerprint density at radius 2 is 1.95 bits per heavy atom. The molecule has 0 bridgehead atoms. The van der Waals surface area contributed by atoms with Gasteiger partial charge in [0.1, 0.15) is 0 Å². The third-order valence-corrected chi connectivity index (χ3v) is 3.06. The maximum Gasteiger partial charge on any atom is 0.165 e. The molecule has 2 rings (SSSR count). The Bertz CT molecular complexity index is 582. The first-order chi connectivity index (χ1) is 9.49. The lowest BCUT2D eigenvalue weighted by Gasteiger charge is -2.15. The van der Waals surface area contributed by atoms with Crippen LogP contribution in [0, 0.1) is 11.6 Å². The number of tetrazole rings is 1. The molecule has 0 aliphatic rings. The largest absolute Gasteiger partial charge is 0.303 e. The Labute approximate surface area is 116 Å². The molecule has 108 valence electrons. The molecule has 20 heavy (non-hydrogen) atoms. The molecular formula is C13H17F2N5. The van der Waals surface area contributed by atoms with E-state index in [2.05, 4.69) is 20.8 Å². The van der Waals surface area contributed by atoms with Crippen LogP contribution in [0.5, 0.6) is 0 Å². The molecule has 0 unspecified atom stereocenters. The summed E-state index contributed by atoms with van der Waals surface area (Å²) in [6.07, 6.45) is 0. The maximum absolute atomic E-state index is 13.2. The first kappa shape index (κ1) is 14.5. The fourth-order valence-corrected chi connectivity index (χ4v) is 1.87. The van der Waals surface area contributed by atoms with Crippen LogP contribution in [0.1, 0.15) is 44.2 Å². The molecule has 0 saturated heterocycles. The number of hydrogen-bond donors (Lipinski definition) is 1. The minimum absolute atomic E-state index is 0.137. The summed E-state index contributed by atoms with van der Waals surface area (Å²) in [6.45, 7) is 6.29. The third-order valence-electron chi connectivity index (χ3n) is 3.06. The van der Waals surface area contributed by atoms with E-state index in [4.69, 9.17) is 0 Å². The van der Waals surface area contributed by atoms with E-state index in [1.165, 1.54) is 6.07 Å². The van der Waals surface area contributed by atoms with Crippen LogP contribution in [-0.2, 0) is 6.54 Å². The molecule has 5 nitrogen and oxygen atoms in total. The molecule has 1 heterocycles. The fraction of sp³-hybridized carbons (Fsp3) is 0.462. The van der Waals surface area contributed by atoms with E-state index in [1.54, 1.807) is 10.7 Å². The molecular weight excluding hydrogens is 264 g/mol. The summed E-state index contributed by atoms with van der Waals surface area (Å²) < 4.78 is 27.8. The van der Waals surface area contributed by atoms with Gasteiger partial charge in [-0.25, -0.2) is 13.5 Å². The second-order valence-corrected chi connectivity index (χ2v) is 4.91. The zero-order valence-electron chi connectivity index (χ0n) is 11.6. The van der Waals surface area contributed by atoms with E-state index in [-0.39, 0.29) is 12.1 Å². The van der Waals surface area contributed by atoms with Crippen molar-refractivity contribution in [2.75, 3.05) is 0 Å². The summed E-state index contributed by atoms with van der Waals surface area (Å²) in [4.78, 5) is 0. The molecule has 0 spiro atoms. The Morgan fingerprint density at radius 3 is 2.60 bits per heavy atom. The molecule has 1 aromatic carbocycles. The van der Waals surface area contributed by atoms with E-state index >= 15 is 0 Å². The molecule has 0 radical (unpaired) electrons. The highest BCUT2D eigenvalue weighted by Gasteiger charge is 2.12. The molecule has 0 aliphatic carbocycles. The second-order valence-electron chi connectivity index (χ2n) is 4.91. The van der Waals surface area contributed by atoms with Gasteiger partial charge in [-0.05, 0) is 48.9 Å². The quantitative estimate of drug-likeness (QED) is 0.914. The lowest BCUT2D eigenvalue weighted by atomic mass is 10.1. The summed E-state index contributed by atoms with van der Waals surface area (Å²) in [5.41, 5.74) is 0.674. The van der Waals surface area contributed by atoms with Crippen LogP contribution in [0.4, 0.5) is 8.78 Å². The normalized spacial score (nSPS) is 12.9. The molecule has 0 amide bonds. The van der Waals surface area contributed by atoms with Gasteiger partial charge in [0.05, 0.1) is 12.6 Å². The lowest BCUT2D eigenvalue weighted by Crippen LogP contribution is -2.22. The summed E-state index contributed by atoms with van der Waals surface area (Å²) in [5.74, 6) is -0.984. The smallest absolute Gasteiger partial charge is 0.165 e. The lowest BCUT2D eigenvalue weighted by molar-refractivity contribution is 0.465. The van der Waals surface area contributed by atoms with Crippen molar-refractivity contribution in [1.29, 1.82) is 0 Å². The number of rotatable bonds is 5. The summed E-state index contributed by atoms with van der Waals surface area (Å²) in [7, 11) is 0. The number of nitrogens with zero attached hydrogens (tertiary/aromatic N) is 4. The predicted molar refractivity (Wildman–Crippen MR) is 69.8 cm³/mol. The van der Waals surface area contributed by atoms with Crippen molar-refractivity contribution in [2.24, 2.45) is 0 Å². The highest BCUT2D eigenvalue weighted by atomic mass is 19.2. The van der Waals surface area contributed by atoms with Gasteiger partial charge in [-0.3, -0.25) is 0 Å². The third kappa shape index (κ3) is 3.16. The molecule has 1 aromatic heterocycles. The first-order valence-corrected chi connectivity index (χ1v) is 6.44. The minimum atomic E-state index is -0.844. The molecule has 1 atom stereocenters. The second kappa shape index (κ2) is 6.04. The Balaban J connectivity index is 2.03. The van der Waals surface area contributed by atoms with Crippen LogP contribution in [0.25, 0.3) is 0 Å². The van der Waals surface area contributed by atoms with E-state index in [1.807, 2.05) is 20.8 Å². The van der Waals surface area contributed by atoms with Crippen molar-refractivity contribution in [2.45, 2.75) is 39.4 Å². The molecule has 2 aromatic rings. The van der Waals surface area contributed by atoms with Gasteiger partial charge in [-0.2, -0.15) is 0 Å². The summed E-state index contributed by atoms with van der Waals surface area (Å²) in [5, 5.41) is 14.7. The van der Waals surface area contributed by atoms with Gasteiger partial charge in [-0.15, -0.1) is 5.10 Å². The number of benzene rings is 1. The van der Waals surface area contributed by atoms with Crippen molar-refractivity contribution >= 4 is 0 Å². The highest BCUT2D eigenvalue weighted by Crippen LogP contribution is 2.16. The van der Waals surface area contributed by atoms with Crippen molar-refractivity contribution in [3.63, 3.8) is 0 Å². The van der Waals surface area contributed by atoms with Crippen molar-refractivity contribution < 1.29 is 8.78 Å². The number of halogens is 2. The SMILES string of the molecule is CC(C)n1nnnc1CN[C@H](C)c1ccc(F)c(F)c1. The summed E-state index contributed by atoms with van der Waals surface area (Å²) in [6, 6.07) is 3.91.